The topological polar surface area (TPSA) is 80.5 Å². The van der Waals surface area contributed by atoms with Crippen LogP contribution in [0.5, 0.6) is 0 Å². The van der Waals surface area contributed by atoms with E-state index in [1.165, 1.54) is 4.90 Å². The van der Waals surface area contributed by atoms with Gasteiger partial charge in [-0.3, -0.25) is 4.90 Å². The summed E-state index contributed by atoms with van der Waals surface area (Å²) in [6.45, 7) is 0. The molecule has 0 saturated carbocycles. The van der Waals surface area contributed by atoms with E-state index in [2.05, 4.69) is 0 Å². The summed E-state index contributed by atoms with van der Waals surface area (Å²) in [7, 11) is 0. The van der Waals surface area contributed by atoms with Crippen LogP contribution >= 0.6 is 0 Å². The first-order valence-corrected chi connectivity index (χ1v) is 5.73. The summed E-state index contributed by atoms with van der Waals surface area (Å²) in [5, 5.41) is 0. The maximum Gasteiger partial charge on any atom is 0.319 e. The number of para-hydroxylation sites is 1. The van der Waals surface area contributed by atoms with Crippen molar-refractivity contribution in [3.05, 3.63) is 30.3 Å². The van der Waals surface area contributed by atoms with Crippen molar-refractivity contribution in [1.82, 2.24) is 0 Å². The maximum atomic E-state index is 11.5. The van der Waals surface area contributed by atoms with Crippen LogP contribution in [0.25, 0.3) is 0 Å². The number of aldehydes is 2. The minimum absolute atomic E-state index is 0.367. The van der Waals surface area contributed by atoms with Gasteiger partial charge in [-0.15, -0.1) is 0 Å². The molecule has 0 aliphatic heterocycles. The molecule has 1 aromatic rings. The second-order valence-electron chi connectivity index (χ2n) is 3.84. The predicted octanol–water partition coefficient (Wildman–Crippen LogP) is 1.51. The molecule has 1 aromatic carbocycles. The summed E-state index contributed by atoms with van der Waals surface area (Å²) in [5.41, 5.74) is 5.89. The Morgan fingerprint density at radius 1 is 1.28 bits per heavy atom. The molecule has 0 saturated heterocycles. The van der Waals surface area contributed by atoms with Crippen molar-refractivity contribution < 1.29 is 14.4 Å². The summed E-state index contributed by atoms with van der Waals surface area (Å²) >= 11 is 0. The predicted molar refractivity (Wildman–Crippen MR) is 68.3 cm³/mol. The van der Waals surface area contributed by atoms with Gasteiger partial charge in [0.2, 0.25) is 0 Å². The summed E-state index contributed by atoms with van der Waals surface area (Å²) in [6, 6.07) is 7.44. The monoisotopic (exact) mass is 248 g/mol. The lowest BCUT2D eigenvalue weighted by molar-refractivity contribution is -0.110. The molecule has 0 bridgehead atoms. The van der Waals surface area contributed by atoms with Crippen LogP contribution in [-0.2, 0) is 9.59 Å². The number of amides is 2. The number of hydrogen-bond acceptors (Lipinski definition) is 3. The van der Waals surface area contributed by atoms with Crippen molar-refractivity contribution in [2.45, 2.75) is 25.3 Å². The summed E-state index contributed by atoms with van der Waals surface area (Å²) < 4.78 is 0. The lowest BCUT2D eigenvalue weighted by Gasteiger charge is -2.26. The molecular formula is C13H16N2O3. The molecule has 0 radical (unpaired) electrons. The number of rotatable bonds is 7. The van der Waals surface area contributed by atoms with Crippen LogP contribution in [0, 0.1) is 0 Å². The Bertz CT molecular complexity index is 406. The van der Waals surface area contributed by atoms with Crippen LogP contribution in [-0.4, -0.2) is 24.6 Å². The molecule has 0 aliphatic carbocycles. The van der Waals surface area contributed by atoms with Crippen molar-refractivity contribution in [2.24, 2.45) is 5.73 Å². The Hall–Kier alpha value is -2.17. The molecule has 0 heterocycles. The molecule has 1 rings (SSSR count). The van der Waals surface area contributed by atoms with E-state index in [1.54, 1.807) is 24.3 Å². The molecule has 18 heavy (non-hydrogen) atoms. The van der Waals surface area contributed by atoms with Crippen LogP contribution in [0.2, 0.25) is 0 Å². The number of nitrogens with zero attached hydrogens (tertiary/aromatic N) is 1. The Kier molecular flexibility index (Phi) is 5.57. The van der Waals surface area contributed by atoms with Crippen molar-refractivity contribution in [1.29, 1.82) is 0 Å². The fourth-order valence-electron chi connectivity index (χ4n) is 1.74. The van der Waals surface area contributed by atoms with E-state index < -0.39 is 12.1 Å². The number of urea groups is 1. The lowest BCUT2D eigenvalue weighted by Crippen LogP contribution is -2.44. The number of nitrogens with two attached hydrogens (primary N) is 1. The van der Waals surface area contributed by atoms with Gasteiger partial charge >= 0.3 is 6.03 Å². The zero-order valence-electron chi connectivity index (χ0n) is 9.99. The Morgan fingerprint density at radius 2 is 1.94 bits per heavy atom. The fraction of sp³-hybridized carbons (Fsp3) is 0.308. The zero-order chi connectivity index (χ0) is 13.4. The van der Waals surface area contributed by atoms with Crippen LogP contribution in [0.1, 0.15) is 19.3 Å². The van der Waals surface area contributed by atoms with Gasteiger partial charge in [0.25, 0.3) is 0 Å². The number of benzene rings is 1. The first-order chi connectivity index (χ1) is 8.70. The van der Waals surface area contributed by atoms with Crippen LogP contribution in [0.15, 0.2) is 30.3 Å². The largest absolute Gasteiger partial charge is 0.351 e. The molecule has 0 spiro atoms. The van der Waals surface area contributed by atoms with Gasteiger partial charge in [-0.05, 0) is 25.0 Å². The molecule has 1 unspecified atom stereocenters. The van der Waals surface area contributed by atoms with Crippen LogP contribution in [0.4, 0.5) is 10.5 Å². The highest BCUT2D eigenvalue weighted by molar-refractivity contribution is 5.94. The van der Waals surface area contributed by atoms with E-state index in [1.807, 2.05) is 6.07 Å². The van der Waals surface area contributed by atoms with Crippen molar-refractivity contribution in [3.8, 4) is 0 Å². The van der Waals surface area contributed by atoms with Gasteiger partial charge in [0, 0.05) is 12.1 Å². The standard InChI is InChI=1S/C13H16N2O3/c14-13(18)15(11-6-2-1-3-7-11)12(10-17)8-4-5-9-16/h1-3,6-7,9-10,12H,4-5,8H2,(H2,14,18). The summed E-state index contributed by atoms with van der Waals surface area (Å²) in [5.74, 6) is 0. The first kappa shape index (κ1) is 13.9. The van der Waals surface area contributed by atoms with E-state index in [4.69, 9.17) is 5.73 Å². The average Bonchev–Trinajstić information content (AvgIpc) is 2.38. The SMILES string of the molecule is NC(=O)N(c1ccccc1)C(C=O)CCCC=O. The Labute approximate surface area is 106 Å². The molecule has 1 atom stereocenters. The van der Waals surface area contributed by atoms with E-state index in [9.17, 15) is 14.4 Å². The Morgan fingerprint density at radius 3 is 2.44 bits per heavy atom. The third-order valence-electron chi connectivity index (χ3n) is 2.58. The number of hydrogen-bond donors (Lipinski definition) is 1. The molecule has 0 aliphatic rings. The maximum absolute atomic E-state index is 11.5. The Balaban J connectivity index is 2.85. The summed E-state index contributed by atoms with van der Waals surface area (Å²) in [6.07, 6.45) is 2.80. The first-order valence-electron chi connectivity index (χ1n) is 5.73. The van der Waals surface area contributed by atoms with Crippen molar-refractivity contribution in [2.75, 3.05) is 4.90 Å². The van der Waals surface area contributed by atoms with Gasteiger partial charge in [-0.2, -0.15) is 0 Å². The second-order valence-corrected chi connectivity index (χ2v) is 3.84. The highest BCUT2D eigenvalue weighted by Gasteiger charge is 2.22. The number of carbonyl (C=O) groups excluding carboxylic acids is 3. The van der Waals surface area contributed by atoms with Gasteiger partial charge in [0.05, 0.1) is 6.04 Å². The molecular weight excluding hydrogens is 232 g/mol. The molecule has 2 N–H and O–H groups in total. The minimum Gasteiger partial charge on any atom is -0.351 e. The molecule has 0 fully saturated rings. The van der Waals surface area contributed by atoms with Crippen LogP contribution < -0.4 is 10.6 Å². The number of carbonyl (C=O) groups is 3. The highest BCUT2D eigenvalue weighted by Crippen LogP contribution is 2.18. The van der Waals surface area contributed by atoms with Gasteiger partial charge in [-0.25, -0.2) is 4.79 Å². The minimum atomic E-state index is -0.676. The van der Waals surface area contributed by atoms with E-state index in [0.29, 0.717) is 31.2 Å². The number of unbranched alkanes of at least 4 members (excludes halogenated alkanes) is 1. The fourth-order valence-corrected chi connectivity index (χ4v) is 1.74. The lowest BCUT2D eigenvalue weighted by atomic mass is 10.1. The normalized spacial score (nSPS) is 11.6. The van der Waals surface area contributed by atoms with E-state index in [0.717, 1.165) is 6.29 Å². The number of anilines is 1. The molecule has 5 heteroatoms. The van der Waals surface area contributed by atoms with E-state index in [-0.39, 0.29) is 0 Å². The third kappa shape index (κ3) is 3.69. The van der Waals surface area contributed by atoms with Gasteiger partial charge in [0.1, 0.15) is 12.6 Å². The quantitative estimate of drug-likeness (QED) is 0.586. The van der Waals surface area contributed by atoms with Gasteiger partial charge in [-0.1, -0.05) is 18.2 Å². The second kappa shape index (κ2) is 7.21. The van der Waals surface area contributed by atoms with Gasteiger partial charge < -0.3 is 15.3 Å². The molecule has 2 amide bonds. The molecule has 96 valence electrons. The number of primary amides is 1. The van der Waals surface area contributed by atoms with E-state index >= 15 is 0 Å². The van der Waals surface area contributed by atoms with Crippen molar-refractivity contribution >= 4 is 24.3 Å². The zero-order valence-corrected chi connectivity index (χ0v) is 9.99. The highest BCUT2D eigenvalue weighted by atomic mass is 16.2. The smallest absolute Gasteiger partial charge is 0.319 e. The third-order valence-corrected chi connectivity index (χ3v) is 2.58. The molecule has 5 nitrogen and oxygen atoms in total. The summed E-state index contributed by atoms with van der Waals surface area (Å²) in [4.78, 5) is 34.0. The van der Waals surface area contributed by atoms with Crippen LogP contribution in [0.3, 0.4) is 0 Å². The average molecular weight is 248 g/mol. The molecule has 0 aromatic heterocycles. The van der Waals surface area contributed by atoms with Crippen molar-refractivity contribution in [3.63, 3.8) is 0 Å². The van der Waals surface area contributed by atoms with Gasteiger partial charge in [0.15, 0.2) is 0 Å².